The van der Waals surface area contributed by atoms with Gasteiger partial charge in [-0.1, -0.05) is 31.9 Å². The largest absolute Gasteiger partial charge is 0.454 e. The van der Waals surface area contributed by atoms with Gasteiger partial charge in [-0.3, -0.25) is 24.0 Å². The number of alkyl halides is 2. The standard InChI is InChI=1S/C13H16Br2O8/c1-6(16)21-11(9(19)4-14)13(23-8(3)18)12(10(20)5-15)22-7(2)17/h11-13H,4-5H2,1-3H3/t11-,12-/m1/s1. The summed E-state index contributed by atoms with van der Waals surface area (Å²) >= 11 is 5.82. The number of rotatable bonds is 9. The Labute approximate surface area is 149 Å². The summed E-state index contributed by atoms with van der Waals surface area (Å²) in [4.78, 5) is 57.7. The molecule has 0 saturated carbocycles. The highest BCUT2D eigenvalue weighted by Gasteiger charge is 2.43. The van der Waals surface area contributed by atoms with E-state index in [4.69, 9.17) is 14.2 Å². The molecule has 0 saturated heterocycles. The summed E-state index contributed by atoms with van der Waals surface area (Å²) in [5.74, 6) is -3.81. The summed E-state index contributed by atoms with van der Waals surface area (Å²) in [6.45, 7) is 3.14. The Morgan fingerprint density at radius 1 is 0.696 bits per heavy atom. The maximum atomic E-state index is 12.0. The summed E-state index contributed by atoms with van der Waals surface area (Å²) in [6.07, 6.45) is -4.78. The fourth-order valence-electron chi connectivity index (χ4n) is 1.62. The number of hydrogen-bond donors (Lipinski definition) is 0. The first-order valence-corrected chi connectivity index (χ1v) is 8.57. The van der Waals surface area contributed by atoms with E-state index >= 15 is 0 Å². The molecule has 0 amide bonds. The Kier molecular flexibility index (Phi) is 9.89. The monoisotopic (exact) mass is 458 g/mol. The minimum Gasteiger partial charge on any atom is -0.454 e. The molecule has 0 aliphatic rings. The molecular formula is C13H16Br2O8. The smallest absolute Gasteiger partial charge is 0.303 e. The van der Waals surface area contributed by atoms with Gasteiger partial charge in [0.25, 0.3) is 0 Å². The Bertz CT molecular complexity index is 454. The van der Waals surface area contributed by atoms with Crippen molar-refractivity contribution in [3.05, 3.63) is 0 Å². The fourth-order valence-corrected chi connectivity index (χ4v) is 2.25. The van der Waals surface area contributed by atoms with Gasteiger partial charge in [0.05, 0.1) is 10.7 Å². The van der Waals surface area contributed by atoms with Crippen LogP contribution in [0.1, 0.15) is 20.8 Å². The zero-order valence-corrected chi connectivity index (χ0v) is 15.8. The third-order valence-electron chi connectivity index (χ3n) is 2.38. The molecule has 0 rings (SSSR count). The Hall–Kier alpha value is -1.29. The zero-order valence-electron chi connectivity index (χ0n) is 12.7. The van der Waals surface area contributed by atoms with E-state index in [1.807, 2.05) is 0 Å². The van der Waals surface area contributed by atoms with Gasteiger partial charge >= 0.3 is 17.9 Å². The fraction of sp³-hybridized carbons (Fsp3) is 0.615. The maximum absolute atomic E-state index is 12.0. The molecule has 8 nitrogen and oxygen atoms in total. The molecule has 0 aliphatic carbocycles. The van der Waals surface area contributed by atoms with E-state index in [-0.39, 0.29) is 10.7 Å². The van der Waals surface area contributed by atoms with Crippen molar-refractivity contribution in [2.75, 3.05) is 10.7 Å². The number of carbonyl (C=O) groups excluding carboxylic acids is 5. The lowest BCUT2D eigenvalue weighted by Crippen LogP contribution is -2.52. The highest BCUT2D eigenvalue weighted by molar-refractivity contribution is 9.09. The van der Waals surface area contributed by atoms with Crippen molar-refractivity contribution in [3.63, 3.8) is 0 Å². The van der Waals surface area contributed by atoms with Crippen LogP contribution in [0.25, 0.3) is 0 Å². The molecule has 0 aromatic heterocycles. The summed E-state index contributed by atoms with van der Waals surface area (Å²) in [7, 11) is 0. The minimum atomic E-state index is -1.59. The molecule has 0 aromatic rings. The molecular weight excluding hydrogens is 444 g/mol. The van der Waals surface area contributed by atoms with Gasteiger partial charge in [-0.15, -0.1) is 0 Å². The van der Waals surface area contributed by atoms with Gasteiger partial charge in [-0.2, -0.15) is 0 Å². The van der Waals surface area contributed by atoms with Crippen LogP contribution in [0, 0.1) is 0 Å². The van der Waals surface area contributed by atoms with Crippen LogP contribution in [-0.4, -0.2) is 58.4 Å². The number of ketones is 2. The van der Waals surface area contributed by atoms with Crippen LogP contribution in [-0.2, 0) is 38.2 Å². The molecule has 0 radical (unpaired) electrons. The van der Waals surface area contributed by atoms with E-state index in [2.05, 4.69) is 31.9 Å². The predicted molar refractivity (Wildman–Crippen MR) is 84.3 cm³/mol. The summed E-state index contributed by atoms with van der Waals surface area (Å²) in [5.41, 5.74) is 0. The van der Waals surface area contributed by atoms with Gasteiger partial charge in [-0.05, 0) is 0 Å². The van der Waals surface area contributed by atoms with E-state index in [0.29, 0.717) is 0 Å². The number of Topliss-reactive ketones (excluding diaryl/α,β-unsaturated/α-hetero) is 2. The number of esters is 3. The molecule has 0 N–H and O–H groups in total. The quantitative estimate of drug-likeness (QED) is 0.281. The molecule has 0 fully saturated rings. The number of carbonyl (C=O) groups is 5. The molecule has 10 heteroatoms. The SMILES string of the molecule is CC(=O)OC([C@H](OC(C)=O)C(=O)CBr)[C@H](OC(C)=O)C(=O)CBr. The number of ether oxygens (including phenoxy) is 3. The van der Waals surface area contributed by atoms with Gasteiger partial charge in [0.2, 0.25) is 12.2 Å². The zero-order chi connectivity index (χ0) is 18.2. The Morgan fingerprint density at radius 2 is 1.00 bits per heavy atom. The van der Waals surface area contributed by atoms with Crippen LogP contribution in [0.3, 0.4) is 0 Å². The molecule has 23 heavy (non-hydrogen) atoms. The maximum Gasteiger partial charge on any atom is 0.303 e. The van der Waals surface area contributed by atoms with Crippen molar-refractivity contribution in [1.29, 1.82) is 0 Å². The van der Waals surface area contributed by atoms with Gasteiger partial charge in [-0.25, -0.2) is 0 Å². The van der Waals surface area contributed by atoms with Crippen LogP contribution < -0.4 is 0 Å². The van der Waals surface area contributed by atoms with Crippen molar-refractivity contribution < 1.29 is 38.2 Å². The van der Waals surface area contributed by atoms with Gasteiger partial charge in [0, 0.05) is 20.8 Å². The van der Waals surface area contributed by atoms with Crippen molar-refractivity contribution >= 4 is 61.3 Å². The second kappa shape index (κ2) is 10.5. The number of hydrogen-bond acceptors (Lipinski definition) is 8. The summed E-state index contributed by atoms with van der Waals surface area (Å²) < 4.78 is 14.7. The Balaban J connectivity index is 5.82. The van der Waals surface area contributed by atoms with Crippen molar-refractivity contribution in [2.45, 2.75) is 39.1 Å². The van der Waals surface area contributed by atoms with E-state index < -0.39 is 47.8 Å². The lowest BCUT2D eigenvalue weighted by molar-refractivity contribution is -0.185. The van der Waals surface area contributed by atoms with Crippen LogP contribution >= 0.6 is 31.9 Å². The van der Waals surface area contributed by atoms with E-state index in [1.165, 1.54) is 0 Å². The van der Waals surface area contributed by atoms with E-state index in [1.54, 1.807) is 0 Å². The average molecular weight is 460 g/mol. The predicted octanol–water partition coefficient (Wildman–Crippen LogP) is 0.710. The summed E-state index contributed by atoms with van der Waals surface area (Å²) in [5, 5.41) is -0.448. The highest BCUT2D eigenvalue weighted by atomic mass is 79.9. The minimum absolute atomic E-state index is 0.224. The molecule has 0 heterocycles. The molecule has 2 atom stereocenters. The van der Waals surface area contributed by atoms with E-state index in [9.17, 15) is 24.0 Å². The molecule has 0 spiro atoms. The molecule has 0 bridgehead atoms. The normalized spacial score (nSPS) is 13.0. The van der Waals surface area contributed by atoms with Crippen molar-refractivity contribution in [3.8, 4) is 0 Å². The van der Waals surface area contributed by atoms with Crippen molar-refractivity contribution in [1.82, 2.24) is 0 Å². The summed E-state index contributed by atoms with van der Waals surface area (Å²) in [6, 6.07) is 0. The lowest BCUT2D eigenvalue weighted by atomic mass is 10.0. The second-order valence-electron chi connectivity index (χ2n) is 4.33. The van der Waals surface area contributed by atoms with Crippen LogP contribution in [0.15, 0.2) is 0 Å². The average Bonchev–Trinajstić information content (AvgIpc) is 2.46. The first-order chi connectivity index (χ1) is 10.6. The number of halogens is 2. The van der Waals surface area contributed by atoms with Crippen LogP contribution in [0.4, 0.5) is 0 Å². The topological polar surface area (TPSA) is 113 Å². The molecule has 0 aromatic carbocycles. The third-order valence-corrected chi connectivity index (χ3v) is 3.49. The van der Waals surface area contributed by atoms with Gasteiger partial charge in [0.15, 0.2) is 17.7 Å². The highest BCUT2D eigenvalue weighted by Crippen LogP contribution is 2.17. The Morgan fingerprint density at radius 3 is 1.22 bits per heavy atom. The molecule has 130 valence electrons. The van der Waals surface area contributed by atoms with Crippen LogP contribution in [0.2, 0.25) is 0 Å². The lowest BCUT2D eigenvalue weighted by Gasteiger charge is -2.29. The third kappa shape index (κ3) is 7.69. The molecule has 0 unspecified atom stereocenters. The first kappa shape index (κ1) is 21.7. The second-order valence-corrected chi connectivity index (χ2v) is 5.46. The van der Waals surface area contributed by atoms with E-state index in [0.717, 1.165) is 20.8 Å². The van der Waals surface area contributed by atoms with Gasteiger partial charge < -0.3 is 14.2 Å². The molecule has 0 aliphatic heterocycles. The van der Waals surface area contributed by atoms with Gasteiger partial charge in [0.1, 0.15) is 0 Å². The van der Waals surface area contributed by atoms with Crippen LogP contribution in [0.5, 0.6) is 0 Å². The van der Waals surface area contributed by atoms with Crippen molar-refractivity contribution in [2.24, 2.45) is 0 Å². The first-order valence-electron chi connectivity index (χ1n) is 6.33.